The minimum atomic E-state index is -0.624. The van der Waals surface area contributed by atoms with Crippen LogP contribution in [0.25, 0.3) is 4.96 Å². The van der Waals surface area contributed by atoms with Crippen LogP contribution < -0.4 is 10.9 Å². The van der Waals surface area contributed by atoms with Gasteiger partial charge in [-0.25, -0.2) is 14.2 Å². The van der Waals surface area contributed by atoms with Gasteiger partial charge in [-0.15, -0.1) is 0 Å². The molecule has 0 unspecified atom stereocenters. The van der Waals surface area contributed by atoms with Gasteiger partial charge in [-0.3, -0.25) is 9.59 Å². The van der Waals surface area contributed by atoms with Gasteiger partial charge in [-0.05, 0) is 42.3 Å². The normalized spacial score (nSPS) is 11.1. The second kappa shape index (κ2) is 9.92. The number of amides is 1. The number of anilines is 1. The molecule has 0 aliphatic carbocycles. The number of fused-ring (bicyclic) bond motifs is 1. The number of esters is 1. The first-order valence-corrected chi connectivity index (χ1v) is 11.3. The van der Waals surface area contributed by atoms with Gasteiger partial charge in [0.15, 0.2) is 0 Å². The number of hydrogen-bond acceptors (Lipinski definition) is 7. The monoisotopic (exact) mass is 480 g/mol. The van der Waals surface area contributed by atoms with Crippen molar-refractivity contribution in [1.82, 2.24) is 14.6 Å². The zero-order chi connectivity index (χ0) is 24.2. The molecule has 0 bridgehead atoms. The molecule has 0 radical (unpaired) electrons. The highest BCUT2D eigenvalue weighted by molar-refractivity contribution is 7.16. The smallest absolute Gasteiger partial charge is 0.338 e. The van der Waals surface area contributed by atoms with E-state index in [1.165, 1.54) is 64.4 Å². The van der Waals surface area contributed by atoms with Crippen molar-refractivity contribution in [2.45, 2.75) is 26.9 Å². The SMILES string of the molecule is CC(C)Cc1nn2c(=O)cc(COC(=O)c3ccc(NC(=O)c4ccccc4F)cc3)nc2s1. The first-order valence-electron chi connectivity index (χ1n) is 10.5. The maximum absolute atomic E-state index is 13.7. The van der Waals surface area contributed by atoms with Gasteiger partial charge in [0.1, 0.15) is 17.4 Å². The third-order valence-electron chi connectivity index (χ3n) is 4.77. The Morgan fingerprint density at radius 3 is 2.59 bits per heavy atom. The highest BCUT2D eigenvalue weighted by atomic mass is 32.1. The predicted octanol–water partition coefficient (Wildman–Crippen LogP) is 4.10. The van der Waals surface area contributed by atoms with Gasteiger partial charge < -0.3 is 10.1 Å². The first-order chi connectivity index (χ1) is 16.3. The van der Waals surface area contributed by atoms with Crippen molar-refractivity contribution < 1.29 is 18.7 Å². The summed E-state index contributed by atoms with van der Waals surface area (Å²) in [6.45, 7) is 3.96. The minimum absolute atomic E-state index is 0.0800. The maximum Gasteiger partial charge on any atom is 0.338 e. The predicted molar refractivity (Wildman–Crippen MR) is 126 cm³/mol. The quantitative estimate of drug-likeness (QED) is 0.400. The molecule has 0 atom stereocenters. The van der Waals surface area contributed by atoms with E-state index in [-0.39, 0.29) is 23.3 Å². The summed E-state index contributed by atoms with van der Waals surface area (Å²) >= 11 is 1.33. The van der Waals surface area contributed by atoms with Gasteiger partial charge in [0.25, 0.3) is 11.5 Å². The van der Waals surface area contributed by atoms with Crippen LogP contribution in [0.2, 0.25) is 0 Å². The van der Waals surface area contributed by atoms with Crippen molar-refractivity contribution in [2.75, 3.05) is 5.32 Å². The standard InChI is InChI=1S/C24H21FN4O4S/c1-14(2)11-20-28-29-21(30)12-17(27-24(29)34-20)13-33-23(32)15-7-9-16(10-8-15)26-22(31)18-5-3-4-6-19(18)25/h3-10,12,14H,11,13H2,1-2H3,(H,26,31). The fourth-order valence-corrected chi connectivity index (χ4v) is 4.29. The van der Waals surface area contributed by atoms with Gasteiger partial charge in [0, 0.05) is 18.2 Å². The van der Waals surface area contributed by atoms with Crippen LogP contribution in [0.5, 0.6) is 0 Å². The molecule has 8 nitrogen and oxygen atoms in total. The Hall–Kier alpha value is -3.92. The number of aromatic nitrogens is 3. The van der Waals surface area contributed by atoms with Crippen molar-refractivity contribution in [1.29, 1.82) is 0 Å². The molecule has 1 N–H and O–H groups in total. The van der Waals surface area contributed by atoms with Crippen molar-refractivity contribution in [2.24, 2.45) is 5.92 Å². The number of hydrogen-bond donors (Lipinski definition) is 1. The molecule has 4 aromatic rings. The molecule has 2 aromatic carbocycles. The number of rotatable bonds is 7. The van der Waals surface area contributed by atoms with E-state index < -0.39 is 17.7 Å². The molecule has 2 aromatic heterocycles. The van der Waals surface area contributed by atoms with Crippen LogP contribution in [0.1, 0.15) is 45.3 Å². The van der Waals surface area contributed by atoms with Gasteiger partial charge in [0.2, 0.25) is 4.96 Å². The van der Waals surface area contributed by atoms with Gasteiger partial charge in [-0.1, -0.05) is 37.3 Å². The Labute approximate surface area is 198 Å². The first kappa shape index (κ1) is 23.2. The van der Waals surface area contributed by atoms with Crippen LogP contribution >= 0.6 is 11.3 Å². The molecule has 10 heteroatoms. The van der Waals surface area contributed by atoms with E-state index >= 15 is 0 Å². The van der Waals surface area contributed by atoms with E-state index in [1.54, 1.807) is 6.07 Å². The fraction of sp³-hybridized carbons (Fsp3) is 0.208. The number of nitrogens with zero attached hydrogens (tertiary/aromatic N) is 3. The van der Waals surface area contributed by atoms with E-state index in [0.717, 1.165) is 11.4 Å². The Morgan fingerprint density at radius 1 is 1.15 bits per heavy atom. The van der Waals surface area contributed by atoms with Crippen LogP contribution in [0.15, 0.2) is 59.4 Å². The molecule has 0 aliphatic rings. The van der Waals surface area contributed by atoms with Crippen LogP contribution in [0.3, 0.4) is 0 Å². The molecule has 34 heavy (non-hydrogen) atoms. The maximum atomic E-state index is 13.7. The molecule has 0 saturated heterocycles. The molecular formula is C24H21FN4O4S. The molecule has 0 spiro atoms. The van der Waals surface area contributed by atoms with Crippen LogP contribution in [0.4, 0.5) is 10.1 Å². The van der Waals surface area contributed by atoms with Crippen molar-refractivity contribution in [3.05, 3.63) is 92.6 Å². The van der Waals surface area contributed by atoms with Crippen molar-refractivity contribution in [3.63, 3.8) is 0 Å². The largest absolute Gasteiger partial charge is 0.456 e. The average molecular weight is 481 g/mol. The summed E-state index contributed by atoms with van der Waals surface area (Å²) in [5.41, 5.74) is 0.554. The number of benzene rings is 2. The summed E-state index contributed by atoms with van der Waals surface area (Å²) in [6.07, 6.45) is 0.745. The van der Waals surface area contributed by atoms with E-state index in [9.17, 15) is 18.8 Å². The Bertz CT molecular complexity index is 1410. The zero-order valence-corrected chi connectivity index (χ0v) is 19.3. The van der Waals surface area contributed by atoms with Crippen molar-refractivity contribution in [3.8, 4) is 0 Å². The molecule has 1 amide bonds. The highest BCUT2D eigenvalue weighted by Crippen LogP contribution is 2.17. The number of ether oxygens (including phenoxy) is 1. The molecule has 4 rings (SSSR count). The highest BCUT2D eigenvalue weighted by Gasteiger charge is 2.14. The molecule has 0 fully saturated rings. The topological polar surface area (TPSA) is 103 Å². The number of carbonyl (C=O) groups excluding carboxylic acids is 2. The van der Waals surface area contributed by atoms with E-state index in [4.69, 9.17) is 4.74 Å². The Morgan fingerprint density at radius 2 is 1.88 bits per heavy atom. The van der Waals surface area contributed by atoms with E-state index in [0.29, 0.717) is 22.3 Å². The second-order valence-electron chi connectivity index (χ2n) is 7.96. The van der Waals surface area contributed by atoms with E-state index in [1.807, 2.05) is 0 Å². The molecule has 0 saturated carbocycles. The summed E-state index contributed by atoms with van der Waals surface area (Å²) in [7, 11) is 0. The number of nitrogens with one attached hydrogen (secondary N) is 1. The summed E-state index contributed by atoms with van der Waals surface area (Å²) in [6, 6.07) is 12.9. The lowest BCUT2D eigenvalue weighted by molar-refractivity contribution is 0.0467. The zero-order valence-electron chi connectivity index (χ0n) is 18.4. The Balaban J connectivity index is 1.39. The van der Waals surface area contributed by atoms with E-state index in [2.05, 4.69) is 29.2 Å². The van der Waals surface area contributed by atoms with Crippen LogP contribution in [-0.2, 0) is 17.8 Å². The molecule has 174 valence electrons. The summed E-state index contributed by atoms with van der Waals surface area (Å²) < 4.78 is 20.3. The van der Waals surface area contributed by atoms with Crippen LogP contribution in [-0.4, -0.2) is 26.5 Å². The van der Waals surface area contributed by atoms with Gasteiger partial charge in [0.05, 0.1) is 16.8 Å². The van der Waals surface area contributed by atoms with Gasteiger partial charge in [-0.2, -0.15) is 9.61 Å². The number of halogens is 1. The third-order valence-corrected chi connectivity index (χ3v) is 5.70. The average Bonchev–Trinajstić information content (AvgIpc) is 3.20. The third kappa shape index (κ3) is 5.34. The summed E-state index contributed by atoms with van der Waals surface area (Å²) in [4.78, 5) is 41.8. The number of carbonyl (C=O) groups is 2. The molecule has 0 aliphatic heterocycles. The lowest BCUT2D eigenvalue weighted by Crippen LogP contribution is -2.17. The Kier molecular flexibility index (Phi) is 6.78. The minimum Gasteiger partial charge on any atom is -0.456 e. The fourth-order valence-electron chi connectivity index (χ4n) is 3.16. The summed E-state index contributed by atoms with van der Waals surface area (Å²) in [5.74, 6) is -1.43. The van der Waals surface area contributed by atoms with Crippen LogP contribution in [0, 0.1) is 11.7 Å². The lowest BCUT2D eigenvalue weighted by Gasteiger charge is -2.08. The molecular weight excluding hydrogens is 459 g/mol. The van der Waals surface area contributed by atoms with Crippen molar-refractivity contribution >= 4 is 33.9 Å². The second-order valence-corrected chi connectivity index (χ2v) is 9.00. The molecule has 2 heterocycles. The van der Waals surface area contributed by atoms with Gasteiger partial charge >= 0.3 is 5.97 Å². The lowest BCUT2D eigenvalue weighted by atomic mass is 10.1. The summed E-state index contributed by atoms with van der Waals surface area (Å²) in [5, 5.41) is 7.68.